The molecule has 0 spiro atoms. The maximum absolute atomic E-state index is 11.9. The lowest BCUT2D eigenvalue weighted by atomic mass is 10.2. The summed E-state index contributed by atoms with van der Waals surface area (Å²) in [5, 5.41) is 6.47. The van der Waals surface area contributed by atoms with Gasteiger partial charge in [-0.15, -0.1) is 0 Å². The zero-order valence-corrected chi connectivity index (χ0v) is 9.45. The van der Waals surface area contributed by atoms with Crippen molar-refractivity contribution in [2.75, 3.05) is 10.6 Å². The van der Waals surface area contributed by atoms with E-state index in [1.54, 1.807) is 30.5 Å². The van der Waals surface area contributed by atoms with E-state index in [9.17, 15) is 4.79 Å². The Morgan fingerprint density at radius 3 is 2.88 bits per heavy atom. The number of amides is 1. The summed E-state index contributed by atoms with van der Waals surface area (Å²) in [5.74, 6) is 0.354. The molecule has 1 aromatic carbocycles. The molecule has 0 unspecified atom stereocenters. The molecular formula is C12H8ClN3O. The molecule has 4 nitrogen and oxygen atoms in total. The predicted molar refractivity (Wildman–Crippen MR) is 66.9 cm³/mol. The highest BCUT2D eigenvalue weighted by Crippen LogP contribution is 2.32. The number of hydrogen-bond acceptors (Lipinski definition) is 3. The number of carbonyl (C=O) groups is 1. The van der Waals surface area contributed by atoms with Crippen LogP contribution in [-0.2, 0) is 0 Å². The Bertz CT molecular complexity index is 612. The molecule has 0 fully saturated rings. The fourth-order valence-corrected chi connectivity index (χ4v) is 1.91. The Labute approximate surface area is 103 Å². The molecule has 0 aliphatic carbocycles. The normalized spacial score (nSPS) is 12.9. The SMILES string of the molecule is O=C1Nc2cc(Cl)ccc2Nc2ncccc21. The highest BCUT2D eigenvalue weighted by Gasteiger charge is 2.19. The number of halogens is 1. The van der Waals surface area contributed by atoms with E-state index in [0.29, 0.717) is 22.1 Å². The van der Waals surface area contributed by atoms with Gasteiger partial charge in [-0.3, -0.25) is 4.79 Å². The van der Waals surface area contributed by atoms with E-state index in [2.05, 4.69) is 15.6 Å². The van der Waals surface area contributed by atoms with Gasteiger partial charge in [0.05, 0.1) is 16.9 Å². The first-order chi connectivity index (χ1) is 8.24. The van der Waals surface area contributed by atoms with Crippen LogP contribution in [0.5, 0.6) is 0 Å². The van der Waals surface area contributed by atoms with Gasteiger partial charge in [0.1, 0.15) is 5.82 Å². The van der Waals surface area contributed by atoms with E-state index in [1.165, 1.54) is 0 Å². The van der Waals surface area contributed by atoms with Gasteiger partial charge in [0.15, 0.2) is 0 Å². The quantitative estimate of drug-likeness (QED) is 0.750. The third kappa shape index (κ3) is 1.72. The fraction of sp³-hybridized carbons (Fsp3) is 0. The zero-order valence-electron chi connectivity index (χ0n) is 8.70. The van der Waals surface area contributed by atoms with E-state index in [0.717, 1.165) is 5.69 Å². The van der Waals surface area contributed by atoms with Crippen molar-refractivity contribution in [1.82, 2.24) is 4.98 Å². The van der Waals surface area contributed by atoms with Crippen molar-refractivity contribution in [1.29, 1.82) is 0 Å². The van der Waals surface area contributed by atoms with Crippen molar-refractivity contribution in [3.05, 3.63) is 47.1 Å². The Morgan fingerprint density at radius 2 is 2.00 bits per heavy atom. The van der Waals surface area contributed by atoms with Gasteiger partial charge in [-0.2, -0.15) is 0 Å². The smallest absolute Gasteiger partial charge is 0.259 e. The van der Waals surface area contributed by atoms with Crippen molar-refractivity contribution >= 4 is 34.7 Å². The summed E-state index contributed by atoms with van der Waals surface area (Å²) >= 11 is 5.89. The van der Waals surface area contributed by atoms with E-state index < -0.39 is 0 Å². The van der Waals surface area contributed by atoms with Gasteiger partial charge < -0.3 is 10.6 Å². The molecule has 0 atom stereocenters. The fourth-order valence-electron chi connectivity index (χ4n) is 1.73. The van der Waals surface area contributed by atoms with Crippen molar-refractivity contribution < 1.29 is 4.79 Å². The van der Waals surface area contributed by atoms with Crippen LogP contribution in [0.1, 0.15) is 10.4 Å². The summed E-state index contributed by atoms with van der Waals surface area (Å²) in [6.45, 7) is 0. The number of nitrogens with zero attached hydrogens (tertiary/aromatic N) is 1. The number of carbonyl (C=O) groups excluding carboxylic acids is 1. The van der Waals surface area contributed by atoms with Crippen molar-refractivity contribution in [2.45, 2.75) is 0 Å². The third-order valence-electron chi connectivity index (χ3n) is 2.54. The minimum absolute atomic E-state index is 0.193. The number of fused-ring (bicyclic) bond motifs is 2. The van der Waals surface area contributed by atoms with Crippen LogP contribution in [-0.4, -0.2) is 10.9 Å². The number of rotatable bonds is 0. The molecule has 0 saturated heterocycles. The van der Waals surface area contributed by atoms with Crippen LogP contribution in [0.4, 0.5) is 17.2 Å². The van der Waals surface area contributed by atoms with Gasteiger partial charge in [-0.1, -0.05) is 11.6 Å². The average Bonchev–Trinajstić information content (AvgIpc) is 2.46. The molecule has 2 N–H and O–H groups in total. The van der Waals surface area contributed by atoms with Crippen LogP contribution < -0.4 is 10.6 Å². The van der Waals surface area contributed by atoms with Crippen LogP contribution >= 0.6 is 11.6 Å². The molecule has 3 rings (SSSR count). The summed E-state index contributed by atoms with van der Waals surface area (Å²) in [4.78, 5) is 16.1. The molecule has 0 radical (unpaired) electrons. The lowest BCUT2D eigenvalue weighted by Gasteiger charge is -2.07. The van der Waals surface area contributed by atoms with Crippen molar-refractivity contribution in [3.8, 4) is 0 Å². The Balaban J connectivity index is 2.17. The highest BCUT2D eigenvalue weighted by molar-refractivity contribution is 6.31. The molecule has 2 heterocycles. The van der Waals surface area contributed by atoms with Gasteiger partial charge in [-0.25, -0.2) is 4.98 Å². The Hall–Kier alpha value is -2.07. The highest BCUT2D eigenvalue weighted by atomic mass is 35.5. The first-order valence-electron chi connectivity index (χ1n) is 5.07. The zero-order chi connectivity index (χ0) is 11.8. The number of benzene rings is 1. The number of anilines is 3. The average molecular weight is 246 g/mol. The molecule has 1 aromatic heterocycles. The largest absolute Gasteiger partial charge is 0.338 e. The molecule has 1 amide bonds. The summed E-state index contributed by atoms with van der Waals surface area (Å²) in [7, 11) is 0. The summed E-state index contributed by atoms with van der Waals surface area (Å²) in [5.41, 5.74) is 1.94. The second kappa shape index (κ2) is 3.75. The van der Waals surface area contributed by atoms with E-state index in [-0.39, 0.29) is 5.91 Å². The summed E-state index contributed by atoms with van der Waals surface area (Å²) < 4.78 is 0. The molecule has 1 aliphatic rings. The van der Waals surface area contributed by atoms with Crippen LogP contribution in [0, 0.1) is 0 Å². The monoisotopic (exact) mass is 245 g/mol. The molecule has 17 heavy (non-hydrogen) atoms. The Morgan fingerprint density at radius 1 is 1.12 bits per heavy atom. The van der Waals surface area contributed by atoms with Gasteiger partial charge in [0.25, 0.3) is 5.91 Å². The van der Waals surface area contributed by atoms with E-state index in [1.807, 2.05) is 6.07 Å². The minimum Gasteiger partial charge on any atom is -0.338 e. The first kappa shape index (κ1) is 10.1. The minimum atomic E-state index is -0.193. The number of aromatic nitrogens is 1. The third-order valence-corrected chi connectivity index (χ3v) is 2.77. The lowest BCUT2D eigenvalue weighted by molar-refractivity contribution is 0.102. The molecule has 5 heteroatoms. The second-order valence-electron chi connectivity index (χ2n) is 3.67. The van der Waals surface area contributed by atoms with Gasteiger partial charge in [0.2, 0.25) is 0 Å². The molecule has 2 aromatic rings. The summed E-state index contributed by atoms with van der Waals surface area (Å²) in [6.07, 6.45) is 1.64. The van der Waals surface area contributed by atoms with Crippen LogP contribution in [0.2, 0.25) is 5.02 Å². The van der Waals surface area contributed by atoms with E-state index >= 15 is 0 Å². The predicted octanol–water partition coefficient (Wildman–Crippen LogP) is 3.04. The van der Waals surface area contributed by atoms with Crippen molar-refractivity contribution in [3.63, 3.8) is 0 Å². The summed E-state index contributed by atoms with van der Waals surface area (Å²) in [6, 6.07) is 8.71. The topological polar surface area (TPSA) is 54.0 Å². The van der Waals surface area contributed by atoms with Crippen LogP contribution in [0.25, 0.3) is 0 Å². The first-order valence-corrected chi connectivity index (χ1v) is 5.45. The molecule has 84 valence electrons. The van der Waals surface area contributed by atoms with E-state index in [4.69, 9.17) is 11.6 Å². The van der Waals surface area contributed by atoms with Gasteiger partial charge in [-0.05, 0) is 30.3 Å². The van der Waals surface area contributed by atoms with Crippen LogP contribution in [0.3, 0.4) is 0 Å². The molecule has 0 saturated carbocycles. The van der Waals surface area contributed by atoms with Gasteiger partial charge in [0, 0.05) is 11.2 Å². The van der Waals surface area contributed by atoms with Gasteiger partial charge >= 0.3 is 0 Å². The molecular weight excluding hydrogens is 238 g/mol. The number of hydrogen-bond donors (Lipinski definition) is 2. The standard InChI is InChI=1S/C12H8ClN3O/c13-7-3-4-9-10(6-7)16-12(17)8-2-1-5-14-11(8)15-9/h1-6H,(H,14,15)(H,16,17). The number of nitrogens with one attached hydrogen (secondary N) is 2. The molecule has 1 aliphatic heterocycles. The lowest BCUT2D eigenvalue weighted by Crippen LogP contribution is -2.10. The van der Waals surface area contributed by atoms with Crippen LogP contribution in [0.15, 0.2) is 36.5 Å². The maximum Gasteiger partial charge on any atom is 0.259 e. The second-order valence-corrected chi connectivity index (χ2v) is 4.11. The Kier molecular flexibility index (Phi) is 2.23. The maximum atomic E-state index is 11.9. The molecule has 0 bridgehead atoms. The number of pyridine rings is 1. The van der Waals surface area contributed by atoms with Crippen molar-refractivity contribution in [2.24, 2.45) is 0 Å².